The molecule has 0 fully saturated rings. The SMILES string of the molecule is C=CC(=O)[O-].CCc1c(C(=O)OC)c2cc(OC)ccc2n1C. The van der Waals surface area contributed by atoms with E-state index in [2.05, 4.69) is 6.58 Å². The van der Waals surface area contributed by atoms with Crippen molar-refractivity contribution in [2.45, 2.75) is 13.3 Å². The number of hydrogen-bond donors (Lipinski definition) is 0. The molecular formula is C17H20NO5-. The maximum Gasteiger partial charge on any atom is 0.340 e. The van der Waals surface area contributed by atoms with Crippen LogP contribution in [0.3, 0.4) is 0 Å². The van der Waals surface area contributed by atoms with E-state index in [0.717, 1.165) is 34.8 Å². The van der Waals surface area contributed by atoms with Crippen LogP contribution in [0.25, 0.3) is 10.9 Å². The largest absolute Gasteiger partial charge is 0.545 e. The molecule has 0 aliphatic rings. The second-order valence-electron chi connectivity index (χ2n) is 4.63. The van der Waals surface area contributed by atoms with Gasteiger partial charge in [0.15, 0.2) is 0 Å². The molecule has 1 aromatic carbocycles. The molecule has 0 radical (unpaired) electrons. The molecule has 1 heterocycles. The van der Waals surface area contributed by atoms with Crippen molar-refractivity contribution in [3.8, 4) is 5.75 Å². The predicted molar refractivity (Wildman–Crippen MR) is 85.4 cm³/mol. The van der Waals surface area contributed by atoms with E-state index in [9.17, 15) is 4.79 Å². The topological polar surface area (TPSA) is 80.6 Å². The average Bonchev–Trinajstić information content (AvgIpc) is 2.85. The maximum absolute atomic E-state index is 11.9. The Morgan fingerprint density at radius 3 is 2.39 bits per heavy atom. The number of fused-ring (bicyclic) bond motifs is 1. The van der Waals surface area contributed by atoms with Crippen LogP contribution in [0.5, 0.6) is 5.75 Å². The molecule has 0 aliphatic carbocycles. The summed E-state index contributed by atoms with van der Waals surface area (Å²) < 4.78 is 12.1. The standard InChI is InChI=1S/C14H17NO3.C3H4O2/c1-5-11-13(14(16)18-4)10-8-9(17-3)6-7-12(10)15(11)2;1-2-3(4)5/h6-8H,5H2,1-4H3;2H,1H2,(H,4,5)/p-1. The van der Waals surface area contributed by atoms with E-state index in [4.69, 9.17) is 19.4 Å². The summed E-state index contributed by atoms with van der Waals surface area (Å²) in [5, 5.41) is 10.0. The van der Waals surface area contributed by atoms with Crippen LogP contribution in [0.4, 0.5) is 0 Å². The molecule has 0 aliphatic heterocycles. The van der Waals surface area contributed by atoms with Crippen LogP contribution < -0.4 is 9.84 Å². The molecule has 23 heavy (non-hydrogen) atoms. The zero-order valence-corrected chi connectivity index (χ0v) is 13.7. The molecule has 124 valence electrons. The molecule has 0 bridgehead atoms. The van der Waals surface area contributed by atoms with E-state index in [1.165, 1.54) is 7.11 Å². The number of aliphatic carboxylic acids is 1. The van der Waals surface area contributed by atoms with Gasteiger partial charge >= 0.3 is 5.97 Å². The van der Waals surface area contributed by atoms with Crippen molar-refractivity contribution in [1.82, 2.24) is 4.57 Å². The van der Waals surface area contributed by atoms with Gasteiger partial charge in [-0.3, -0.25) is 0 Å². The van der Waals surface area contributed by atoms with Gasteiger partial charge in [0.2, 0.25) is 0 Å². The number of methoxy groups -OCH3 is 2. The van der Waals surface area contributed by atoms with Crippen LogP contribution >= 0.6 is 0 Å². The fourth-order valence-corrected chi connectivity index (χ4v) is 2.35. The summed E-state index contributed by atoms with van der Waals surface area (Å²) in [6.45, 7) is 4.92. The quantitative estimate of drug-likeness (QED) is 0.630. The van der Waals surface area contributed by atoms with Gasteiger partial charge in [-0.1, -0.05) is 13.5 Å². The third-order valence-corrected chi connectivity index (χ3v) is 3.42. The van der Waals surface area contributed by atoms with Gasteiger partial charge in [0.1, 0.15) is 5.75 Å². The minimum absolute atomic E-state index is 0.300. The van der Waals surface area contributed by atoms with Gasteiger partial charge in [-0.15, -0.1) is 0 Å². The lowest BCUT2D eigenvalue weighted by Crippen LogP contribution is -2.17. The van der Waals surface area contributed by atoms with E-state index in [-0.39, 0.29) is 5.97 Å². The Kier molecular flexibility index (Phi) is 6.38. The molecule has 6 nitrogen and oxygen atoms in total. The van der Waals surface area contributed by atoms with Gasteiger partial charge in [0.05, 0.1) is 25.8 Å². The second kappa shape index (κ2) is 8.03. The van der Waals surface area contributed by atoms with Crippen molar-refractivity contribution in [1.29, 1.82) is 0 Å². The highest BCUT2D eigenvalue weighted by Gasteiger charge is 2.20. The molecule has 0 atom stereocenters. The first-order chi connectivity index (χ1) is 10.9. The average molecular weight is 318 g/mol. The molecule has 1 aromatic heterocycles. The fourth-order valence-electron chi connectivity index (χ4n) is 2.35. The smallest absolute Gasteiger partial charge is 0.340 e. The third-order valence-electron chi connectivity index (χ3n) is 3.42. The summed E-state index contributed by atoms with van der Waals surface area (Å²) in [5.41, 5.74) is 2.62. The Morgan fingerprint density at radius 1 is 1.35 bits per heavy atom. The number of nitrogens with zero attached hydrogens (tertiary/aromatic N) is 1. The van der Waals surface area contributed by atoms with Gasteiger partial charge < -0.3 is 23.9 Å². The zero-order chi connectivity index (χ0) is 17.6. The first-order valence-corrected chi connectivity index (χ1v) is 6.98. The van der Waals surface area contributed by atoms with E-state index in [0.29, 0.717) is 5.56 Å². The number of carbonyl (C=O) groups excluding carboxylic acids is 2. The van der Waals surface area contributed by atoms with Crippen LogP contribution in [-0.4, -0.2) is 30.7 Å². The number of aryl methyl sites for hydroxylation is 1. The number of carboxylic acid groups (broad SMARTS) is 1. The van der Waals surface area contributed by atoms with E-state index >= 15 is 0 Å². The van der Waals surface area contributed by atoms with E-state index < -0.39 is 5.97 Å². The summed E-state index contributed by atoms with van der Waals surface area (Å²) in [5.74, 6) is -0.795. The van der Waals surface area contributed by atoms with Crippen molar-refractivity contribution >= 4 is 22.8 Å². The molecule has 0 unspecified atom stereocenters. The van der Waals surface area contributed by atoms with Gasteiger partial charge in [0.25, 0.3) is 0 Å². The number of carbonyl (C=O) groups is 2. The fraction of sp³-hybridized carbons (Fsp3) is 0.294. The van der Waals surface area contributed by atoms with Crippen LogP contribution in [0.15, 0.2) is 30.9 Å². The Labute approximate surface area is 134 Å². The third kappa shape index (κ3) is 3.91. The summed E-state index contributed by atoms with van der Waals surface area (Å²) in [6, 6.07) is 5.73. The highest BCUT2D eigenvalue weighted by Crippen LogP contribution is 2.29. The molecule has 0 spiro atoms. The summed E-state index contributed by atoms with van der Waals surface area (Å²) in [4.78, 5) is 21.1. The van der Waals surface area contributed by atoms with E-state index in [1.54, 1.807) is 7.11 Å². The predicted octanol–water partition coefficient (Wildman–Crippen LogP) is 1.46. The van der Waals surface area contributed by atoms with Gasteiger partial charge in [-0.05, 0) is 30.7 Å². The lowest BCUT2D eigenvalue weighted by Gasteiger charge is -2.03. The monoisotopic (exact) mass is 318 g/mol. The van der Waals surface area contributed by atoms with Crippen molar-refractivity contribution in [2.75, 3.05) is 14.2 Å². The van der Waals surface area contributed by atoms with Crippen molar-refractivity contribution < 1.29 is 24.2 Å². The van der Waals surface area contributed by atoms with Crippen LogP contribution in [-0.2, 0) is 23.0 Å². The zero-order valence-electron chi connectivity index (χ0n) is 13.7. The van der Waals surface area contributed by atoms with Crippen molar-refractivity contribution in [2.24, 2.45) is 7.05 Å². The number of esters is 1. The lowest BCUT2D eigenvalue weighted by molar-refractivity contribution is -0.297. The van der Waals surface area contributed by atoms with Gasteiger partial charge in [0, 0.05) is 23.6 Å². The lowest BCUT2D eigenvalue weighted by atomic mass is 10.1. The summed E-state index contributed by atoms with van der Waals surface area (Å²) in [6.07, 6.45) is 1.50. The first kappa shape index (κ1) is 18.3. The molecule has 0 saturated heterocycles. The molecule has 0 amide bonds. The number of benzene rings is 1. The summed E-state index contributed by atoms with van der Waals surface area (Å²) >= 11 is 0. The van der Waals surface area contributed by atoms with E-state index in [1.807, 2.05) is 36.7 Å². The molecule has 0 N–H and O–H groups in total. The Hall–Kier alpha value is -2.76. The Balaban J connectivity index is 0.000000463. The van der Waals surface area contributed by atoms with Gasteiger partial charge in [-0.25, -0.2) is 4.79 Å². The Morgan fingerprint density at radius 2 is 1.96 bits per heavy atom. The van der Waals surface area contributed by atoms with Crippen LogP contribution in [0.1, 0.15) is 23.0 Å². The molecule has 2 aromatic rings. The Bertz CT molecular complexity index is 730. The van der Waals surface area contributed by atoms with Crippen molar-refractivity contribution in [3.05, 3.63) is 42.1 Å². The van der Waals surface area contributed by atoms with Crippen molar-refractivity contribution in [3.63, 3.8) is 0 Å². The number of carboxylic acids is 1. The second-order valence-corrected chi connectivity index (χ2v) is 4.63. The number of hydrogen-bond acceptors (Lipinski definition) is 5. The number of ether oxygens (including phenoxy) is 2. The van der Waals surface area contributed by atoms with Crippen LogP contribution in [0, 0.1) is 0 Å². The molecule has 6 heteroatoms. The summed E-state index contributed by atoms with van der Waals surface area (Å²) in [7, 11) is 4.98. The molecule has 0 saturated carbocycles. The molecular weight excluding hydrogens is 298 g/mol. The van der Waals surface area contributed by atoms with Crippen LogP contribution in [0.2, 0.25) is 0 Å². The first-order valence-electron chi connectivity index (χ1n) is 6.98. The minimum Gasteiger partial charge on any atom is -0.545 e. The number of rotatable bonds is 4. The maximum atomic E-state index is 11.9. The minimum atomic E-state index is -1.23. The van der Waals surface area contributed by atoms with Gasteiger partial charge in [-0.2, -0.15) is 0 Å². The molecule has 2 rings (SSSR count). The number of aromatic nitrogens is 1. The highest BCUT2D eigenvalue weighted by molar-refractivity contribution is 6.06. The highest BCUT2D eigenvalue weighted by atomic mass is 16.5. The normalized spacial score (nSPS) is 9.74.